The highest BCUT2D eigenvalue weighted by molar-refractivity contribution is 5.80. The molecule has 2 aliphatic rings. The second-order valence-electron chi connectivity index (χ2n) is 8.40. The van der Waals surface area contributed by atoms with Gasteiger partial charge in [0.1, 0.15) is 0 Å². The third kappa shape index (κ3) is 5.96. The minimum atomic E-state index is -0.710. The van der Waals surface area contributed by atoms with E-state index in [0.717, 1.165) is 38.5 Å². The number of carbonyl (C=O) groups is 2. The first-order chi connectivity index (χ1) is 11.7. The molecule has 0 bridgehead atoms. The minimum Gasteiger partial charge on any atom is -0.388 e. The maximum atomic E-state index is 12.9. The topological polar surface area (TPSA) is 72.9 Å². The second kappa shape index (κ2) is 8.49. The smallest absolute Gasteiger partial charge is 0.224 e. The predicted octanol–water partition coefficient (Wildman–Crippen LogP) is 1.52. The van der Waals surface area contributed by atoms with Crippen molar-refractivity contribution in [2.24, 2.45) is 0 Å². The van der Waals surface area contributed by atoms with Crippen LogP contribution in [0.3, 0.4) is 0 Å². The van der Waals surface area contributed by atoms with Gasteiger partial charge in [0.2, 0.25) is 11.8 Å². The van der Waals surface area contributed by atoms with E-state index >= 15 is 0 Å². The maximum absolute atomic E-state index is 12.9. The predicted molar refractivity (Wildman–Crippen MR) is 98.2 cm³/mol. The summed E-state index contributed by atoms with van der Waals surface area (Å²) in [6.07, 6.45) is 7.63. The van der Waals surface area contributed by atoms with Crippen molar-refractivity contribution in [3.63, 3.8) is 0 Å². The molecule has 1 heterocycles. The van der Waals surface area contributed by atoms with Gasteiger partial charge in [0, 0.05) is 38.5 Å². The summed E-state index contributed by atoms with van der Waals surface area (Å²) in [5, 5.41) is 13.9. The van der Waals surface area contributed by atoms with Gasteiger partial charge in [0.15, 0.2) is 0 Å². The molecule has 2 N–H and O–H groups in total. The number of hydrogen-bond acceptors (Lipinski definition) is 4. The Hall–Kier alpha value is -1.14. The van der Waals surface area contributed by atoms with Gasteiger partial charge in [-0.2, -0.15) is 0 Å². The summed E-state index contributed by atoms with van der Waals surface area (Å²) in [5.74, 6) is 0.0654. The van der Waals surface area contributed by atoms with Crippen LogP contribution in [-0.2, 0) is 9.59 Å². The van der Waals surface area contributed by atoms with Crippen LogP contribution in [0.5, 0.6) is 0 Å². The first-order valence-corrected chi connectivity index (χ1v) is 9.67. The van der Waals surface area contributed by atoms with Gasteiger partial charge < -0.3 is 20.2 Å². The molecule has 0 aromatic carbocycles. The van der Waals surface area contributed by atoms with E-state index in [1.54, 1.807) is 0 Å². The lowest BCUT2D eigenvalue weighted by atomic mass is 9.79. The number of nitrogens with zero attached hydrogens (tertiary/aromatic N) is 2. The van der Waals surface area contributed by atoms with E-state index in [0.29, 0.717) is 32.5 Å². The van der Waals surface area contributed by atoms with Crippen molar-refractivity contribution in [1.82, 2.24) is 15.1 Å². The lowest BCUT2D eigenvalue weighted by molar-refractivity contribution is -0.134. The molecule has 25 heavy (non-hydrogen) atoms. The molecular formula is C19H35N3O3. The molecule has 1 atom stereocenters. The van der Waals surface area contributed by atoms with Crippen molar-refractivity contribution >= 4 is 11.8 Å². The first-order valence-electron chi connectivity index (χ1n) is 9.67. The van der Waals surface area contributed by atoms with Gasteiger partial charge >= 0.3 is 0 Å². The normalized spacial score (nSPS) is 27.0. The van der Waals surface area contributed by atoms with E-state index in [1.165, 1.54) is 13.3 Å². The standard InChI is InChI=1S/C19H35N3O3/c1-16(23)20-18(8-5-4-6-9-18)14-17(24)22-12-7-10-19(25,11-13-22)15-21(2)3/h25H,4-15H2,1-3H3,(H,20,23)/t19-/m1/s1. The third-order valence-corrected chi connectivity index (χ3v) is 5.62. The minimum absolute atomic E-state index is 0.0501. The fraction of sp³-hybridized carbons (Fsp3) is 0.895. The Morgan fingerprint density at radius 2 is 1.72 bits per heavy atom. The summed E-state index contributed by atoms with van der Waals surface area (Å²) in [4.78, 5) is 28.5. The van der Waals surface area contributed by atoms with Gasteiger partial charge in [-0.15, -0.1) is 0 Å². The quantitative estimate of drug-likeness (QED) is 0.786. The molecule has 6 nitrogen and oxygen atoms in total. The highest BCUT2D eigenvalue weighted by atomic mass is 16.3. The zero-order chi connectivity index (χ0) is 18.5. The number of rotatable bonds is 5. The van der Waals surface area contributed by atoms with Gasteiger partial charge in [-0.25, -0.2) is 0 Å². The van der Waals surface area contributed by atoms with E-state index in [-0.39, 0.29) is 17.4 Å². The van der Waals surface area contributed by atoms with Crippen molar-refractivity contribution in [3.8, 4) is 0 Å². The number of carbonyl (C=O) groups excluding carboxylic acids is 2. The SMILES string of the molecule is CC(=O)NC1(CC(=O)N2CCC[C@](O)(CN(C)C)CC2)CCCCC1. The van der Waals surface area contributed by atoms with Crippen molar-refractivity contribution in [2.75, 3.05) is 33.7 Å². The van der Waals surface area contributed by atoms with Crippen LogP contribution in [-0.4, -0.2) is 71.6 Å². The van der Waals surface area contributed by atoms with Crippen LogP contribution in [0.2, 0.25) is 0 Å². The number of likely N-dealkylation sites (N-methyl/N-ethyl adjacent to an activating group) is 1. The summed E-state index contributed by atoms with van der Waals surface area (Å²) in [5.41, 5.74) is -1.08. The Morgan fingerprint density at radius 3 is 2.32 bits per heavy atom. The van der Waals surface area contributed by atoms with E-state index in [2.05, 4.69) is 5.32 Å². The summed E-state index contributed by atoms with van der Waals surface area (Å²) in [6.45, 7) is 3.46. The van der Waals surface area contributed by atoms with Crippen molar-refractivity contribution in [2.45, 2.75) is 75.9 Å². The van der Waals surface area contributed by atoms with E-state index in [4.69, 9.17) is 0 Å². The van der Waals surface area contributed by atoms with E-state index in [1.807, 2.05) is 23.9 Å². The molecule has 2 rings (SSSR count). The summed E-state index contributed by atoms with van der Waals surface area (Å²) < 4.78 is 0. The second-order valence-corrected chi connectivity index (χ2v) is 8.40. The van der Waals surface area contributed by atoms with Gasteiger partial charge in [-0.3, -0.25) is 9.59 Å². The van der Waals surface area contributed by atoms with Crippen LogP contribution >= 0.6 is 0 Å². The number of hydrogen-bond donors (Lipinski definition) is 2. The van der Waals surface area contributed by atoms with Crippen LogP contribution in [0.15, 0.2) is 0 Å². The Balaban J connectivity index is 1.98. The summed E-state index contributed by atoms with van der Waals surface area (Å²) in [6, 6.07) is 0. The molecular weight excluding hydrogens is 318 g/mol. The zero-order valence-electron chi connectivity index (χ0n) is 16.1. The Labute approximate surface area is 151 Å². The van der Waals surface area contributed by atoms with Gasteiger partial charge in [0.25, 0.3) is 0 Å². The monoisotopic (exact) mass is 353 g/mol. The van der Waals surface area contributed by atoms with Crippen molar-refractivity contribution in [3.05, 3.63) is 0 Å². The Kier molecular flexibility index (Phi) is 6.86. The lowest BCUT2D eigenvalue weighted by Gasteiger charge is -2.38. The summed E-state index contributed by atoms with van der Waals surface area (Å²) >= 11 is 0. The van der Waals surface area contributed by atoms with Crippen LogP contribution in [0.1, 0.15) is 64.7 Å². The molecule has 6 heteroatoms. The molecule has 2 fully saturated rings. The van der Waals surface area contributed by atoms with Gasteiger partial charge in [-0.1, -0.05) is 19.3 Å². The highest BCUT2D eigenvalue weighted by Crippen LogP contribution is 2.32. The molecule has 0 unspecified atom stereocenters. The largest absolute Gasteiger partial charge is 0.388 e. The molecule has 0 spiro atoms. The average Bonchev–Trinajstić information content (AvgIpc) is 2.68. The molecule has 1 saturated carbocycles. The van der Waals surface area contributed by atoms with E-state index in [9.17, 15) is 14.7 Å². The Bertz CT molecular complexity index is 475. The molecule has 1 aliphatic carbocycles. The number of aliphatic hydroxyl groups is 1. The van der Waals surface area contributed by atoms with Crippen LogP contribution in [0.25, 0.3) is 0 Å². The molecule has 1 saturated heterocycles. The fourth-order valence-corrected chi connectivity index (χ4v) is 4.52. The maximum Gasteiger partial charge on any atom is 0.224 e. The molecule has 2 amide bonds. The number of nitrogens with one attached hydrogen (secondary N) is 1. The third-order valence-electron chi connectivity index (χ3n) is 5.62. The number of amides is 2. The molecule has 0 radical (unpaired) electrons. The molecule has 0 aromatic heterocycles. The Morgan fingerprint density at radius 1 is 1.04 bits per heavy atom. The molecule has 144 valence electrons. The fourth-order valence-electron chi connectivity index (χ4n) is 4.52. The van der Waals surface area contributed by atoms with Crippen molar-refractivity contribution in [1.29, 1.82) is 0 Å². The lowest BCUT2D eigenvalue weighted by Crippen LogP contribution is -2.52. The average molecular weight is 354 g/mol. The highest BCUT2D eigenvalue weighted by Gasteiger charge is 2.38. The van der Waals surface area contributed by atoms with Crippen LogP contribution in [0, 0.1) is 0 Å². The van der Waals surface area contributed by atoms with Crippen LogP contribution < -0.4 is 5.32 Å². The summed E-state index contributed by atoms with van der Waals surface area (Å²) in [7, 11) is 3.93. The molecule has 1 aliphatic heterocycles. The zero-order valence-corrected chi connectivity index (χ0v) is 16.1. The van der Waals surface area contributed by atoms with Crippen LogP contribution in [0.4, 0.5) is 0 Å². The first kappa shape index (κ1) is 20.2. The van der Waals surface area contributed by atoms with Gasteiger partial charge in [0.05, 0.1) is 5.60 Å². The number of likely N-dealkylation sites (tertiary alicyclic amines) is 1. The van der Waals surface area contributed by atoms with E-state index < -0.39 is 5.60 Å². The molecule has 0 aromatic rings. The van der Waals surface area contributed by atoms with Crippen molar-refractivity contribution < 1.29 is 14.7 Å². The van der Waals surface area contributed by atoms with Gasteiger partial charge in [-0.05, 0) is 46.2 Å².